The summed E-state index contributed by atoms with van der Waals surface area (Å²) in [4.78, 5) is 33.6. The number of hydrogen-bond acceptors (Lipinski definition) is 5. The second kappa shape index (κ2) is 9.47. The molecule has 0 radical (unpaired) electrons. The summed E-state index contributed by atoms with van der Waals surface area (Å²) in [7, 11) is 0. The molecule has 0 aliphatic carbocycles. The van der Waals surface area contributed by atoms with Crippen LogP contribution in [0.5, 0.6) is 5.75 Å². The van der Waals surface area contributed by atoms with E-state index in [1.165, 1.54) is 5.69 Å². The van der Waals surface area contributed by atoms with Gasteiger partial charge in [-0.3, -0.25) is 4.79 Å². The van der Waals surface area contributed by atoms with Crippen LogP contribution in [0.1, 0.15) is 34.7 Å². The van der Waals surface area contributed by atoms with Crippen molar-refractivity contribution in [1.29, 1.82) is 0 Å². The van der Waals surface area contributed by atoms with Crippen molar-refractivity contribution in [3.63, 3.8) is 0 Å². The van der Waals surface area contributed by atoms with E-state index in [0.717, 1.165) is 31.5 Å². The van der Waals surface area contributed by atoms with Crippen LogP contribution in [-0.2, 0) is 13.0 Å². The van der Waals surface area contributed by atoms with E-state index in [4.69, 9.17) is 4.74 Å². The molecule has 1 saturated heterocycles. The molecule has 1 fully saturated rings. The molecule has 160 valence electrons. The Bertz CT molecular complexity index is 1070. The van der Waals surface area contributed by atoms with Crippen LogP contribution in [0.2, 0.25) is 0 Å². The van der Waals surface area contributed by atoms with Crippen molar-refractivity contribution in [2.45, 2.75) is 25.9 Å². The minimum atomic E-state index is -1.27. The molecule has 1 aliphatic rings. The van der Waals surface area contributed by atoms with Gasteiger partial charge in [0.15, 0.2) is 5.69 Å². The average Bonchev–Trinajstić information content (AvgIpc) is 2.80. The van der Waals surface area contributed by atoms with Gasteiger partial charge in [-0.2, -0.15) is 0 Å². The van der Waals surface area contributed by atoms with Crippen molar-refractivity contribution in [2.75, 3.05) is 18.0 Å². The predicted octanol–water partition coefficient (Wildman–Crippen LogP) is 3.51. The topological polar surface area (TPSA) is 95.5 Å². The first-order chi connectivity index (χ1) is 15.1. The minimum Gasteiger partial charge on any atom is -0.481 e. The summed E-state index contributed by atoms with van der Waals surface area (Å²) in [5, 5.41) is 9.58. The van der Waals surface area contributed by atoms with Crippen molar-refractivity contribution >= 4 is 11.7 Å². The van der Waals surface area contributed by atoms with Crippen molar-refractivity contribution in [1.82, 2.24) is 9.97 Å². The third-order valence-corrected chi connectivity index (χ3v) is 5.57. The summed E-state index contributed by atoms with van der Waals surface area (Å²) in [5.74, 6) is -0.790. The number of nitrogens with zero attached hydrogens (tertiary/aromatic N) is 2. The molecule has 0 saturated carbocycles. The summed E-state index contributed by atoms with van der Waals surface area (Å²) in [6.45, 7) is 1.94. The molecule has 4 rings (SSSR count). The summed E-state index contributed by atoms with van der Waals surface area (Å²) < 4.78 is 5.53. The van der Waals surface area contributed by atoms with Gasteiger partial charge in [0.2, 0.25) is 5.75 Å². The van der Waals surface area contributed by atoms with E-state index in [1.807, 2.05) is 48.5 Å². The van der Waals surface area contributed by atoms with Crippen LogP contribution in [0.25, 0.3) is 0 Å². The van der Waals surface area contributed by atoms with E-state index in [1.54, 1.807) is 0 Å². The molecular formula is C24H25N3O4. The Morgan fingerprint density at radius 2 is 1.71 bits per heavy atom. The maximum Gasteiger partial charge on any atom is 0.358 e. The highest BCUT2D eigenvalue weighted by atomic mass is 16.5. The smallest absolute Gasteiger partial charge is 0.358 e. The molecule has 2 heterocycles. The highest BCUT2D eigenvalue weighted by Gasteiger charge is 2.23. The Morgan fingerprint density at radius 3 is 2.35 bits per heavy atom. The number of hydrogen-bond donors (Lipinski definition) is 2. The zero-order chi connectivity index (χ0) is 21.6. The van der Waals surface area contributed by atoms with E-state index < -0.39 is 11.5 Å². The molecule has 1 aliphatic heterocycles. The van der Waals surface area contributed by atoms with E-state index in [0.29, 0.717) is 18.2 Å². The quantitative estimate of drug-likeness (QED) is 0.609. The van der Waals surface area contributed by atoms with Gasteiger partial charge in [-0.05, 0) is 36.5 Å². The van der Waals surface area contributed by atoms with Crippen molar-refractivity contribution in [2.24, 2.45) is 5.92 Å². The van der Waals surface area contributed by atoms with Gasteiger partial charge in [-0.15, -0.1) is 0 Å². The highest BCUT2D eigenvalue weighted by molar-refractivity contribution is 5.88. The lowest BCUT2D eigenvalue weighted by molar-refractivity contribution is 0.0683. The number of aromatic amines is 1. The van der Waals surface area contributed by atoms with Gasteiger partial charge in [0.1, 0.15) is 12.4 Å². The summed E-state index contributed by atoms with van der Waals surface area (Å²) in [5.41, 5.74) is 1.16. The number of carboxylic acids is 1. The number of anilines is 1. The molecule has 0 spiro atoms. The SMILES string of the molecule is O=C(O)c1nc(CC2CCN(c3ccccc3)CC2)[nH]c(=O)c1OCc1ccccc1. The average molecular weight is 419 g/mol. The standard InChI is InChI=1S/C24H25N3O4/c28-23-22(31-16-18-7-3-1-4-8-18)21(24(29)30)25-20(26-23)15-17-11-13-27(14-12-17)19-9-5-2-6-10-19/h1-10,17H,11-16H2,(H,29,30)(H,25,26,28). The van der Waals surface area contributed by atoms with E-state index in [9.17, 15) is 14.7 Å². The van der Waals surface area contributed by atoms with Crippen LogP contribution in [0.15, 0.2) is 65.5 Å². The molecule has 2 aromatic carbocycles. The molecule has 7 nitrogen and oxygen atoms in total. The Labute approximate surface area is 180 Å². The zero-order valence-corrected chi connectivity index (χ0v) is 17.2. The fourth-order valence-electron chi connectivity index (χ4n) is 3.92. The van der Waals surface area contributed by atoms with Crippen molar-refractivity contribution in [3.8, 4) is 5.75 Å². The van der Waals surface area contributed by atoms with Gasteiger partial charge < -0.3 is 19.7 Å². The molecule has 7 heteroatoms. The predicted molar refractivity (Wildman–Crippen MR) is 118 cm³/mol. The maximum absolute atomic E-state index is 12.6. The number of para-hydroxylation sites is 1. The van der Waals surface area contributed by atoms with Gasteiger partial charge in [0.05, 0.1) is 0 Å². The Morgan fingerprint density at radius 1 is 1.06 bits per heavy atom. The van der Waals surface area contributed by atoms with E-state index in [-0.39, 0.29) is 18.1 Å². The Balaban J connectivity index is 1.43. The number of aromatic carboxylic acids is 1. The van der Waals surface area contributed by atoms with Crippen LogP contribution < -0.4 is 15.2 Å². The van der Waals surface area contributed by atoms with Crippen LogP contribution in [-0.4, -0.2) is 34.1 Å². The highest BCUT2D eigenvalue weighted by Crippen LogP contribution is 2.25. The molecule has 3 aromatic rings. The van der Waals surface area contributed by atoms with E-state index >= 15 is 0 Å². The van der Waals surface area contributed by atoms with Crippen LogP contribution in [0.3, 0.4) is 0 Å². The van der Waals surface area contributed by atoms with E-state index in [2.05, 4.69) is 27.0 Å². The normalized spacial score (nSPS) is 14.4. The Hall–Kier alpha value is -3.61. The van der Waals surface area contributed by atoms with Gasteiger partial charge >= 0.3 is 5.97 Å². The van der Waals surface area contributed by atoms with Gasteiger partial charge in [0.25, 0.3) is 5.56 Å². The lowest BCUT2D eigenvalue weighted by Gasteiger charge is -2.33. The zero-order valence-electron chi connectivity index (χ0n) is 17.2. The molecular weight excluding hydrogens is 394 g/mol. The summed E-state index contributed by atoms with van der Waals surface area (Å²) in [6, 6.07) is 19.5. The summed E-state index contributed by atoms with van der Waals surface area (Å²) in [6.07, 6.45) is 2.44. The lowest BCUT2D eigenvalue weighted by atomic mass is 9.93. The molecule has 31 heavy (non-hydrogen) atoms. The van der Waals surface area contributed by atoms with Crippen LogP contribution in [0, 0.1) is 5.92 Å². The molecule has 2 N–H and O–H groups in total. The minimum absolute atomic E-state index is 0.100. The fourth-order valence-corrected chi connectivity index (χ4v) is 3.92. The van der Waals surface area contributed by atoms with Crippen molar-refractivity contribution in [3.05, 3.63) is 88.1 Å². The lowest BCUT2D eigenvalue weighted by Crippen LogP contribution is -2.34. The number of ether oxygens (including phenoxy) is 1. The first-order valence-electron chi connectivity index (χ1n) is 10.4. The first kappa shape index (κ1) is 20.7. The number of aromatic nitrogens is 2. The maximum atomic E-state index is 12.6. The number of carboxylic acid groups (broad SMARTS) is 1. The fraction of sp³-hybridized carbons (Fsp3) is 0.292. The van der Waals surface area contributed by atoms with Gasteiger partial charge in [-0.1, -0.05) is 48.5 Å². The van der Waals surface area contributed by atoms with Gasteiger partial charge in [-0.25, -0.2) is 9.78 Å². The number of piperidine rings is 1. The molecule has 0 atom stereocenters. The number of benzene rings is 2. The number of H-pyrrole nitrogens is 1. The van der Waals surface area contributed by atoms with Crippen LogP contribution >= 0.6 is 0 Å². The third-order valence-electron chi connectivity index (χ3n) is 5.57. The second-order valence-corrected chi connectivity index (χ2v) is 7.74. The Kier molecular flexibility index (Phi) is 6.31. The number of nitrogens with one attached hydrogen (secondary N) is 1. The third kappa shape index (κ3) is 5.12. The number of rotatable bonds is 7. The monoisotopic (exact) mass is 419 g/mol. The van der Waals surface area contributed by atoms with Crippen LogP contribution in [0.4, 0.5) is 5.69 Å². The molecule has 0 bridgehead atoms. The van der Waals surface area contributed by atoms with Crippen molar-refractivity contribution < 1.29 is 14.6 Å². The number of carbonyl (C=O) groups is 1. The largest absolute Gasteiger partial charge is 0.481 e. The molecule has 0 unspecified atom stereocenters. The first-order valence-corrected chi connectivity index (χ1v) is 10.4. The molecule has 0 amide bonds. The van der Waals surface area contributed by atoms with Gasteiger partial charge in [0, 0.05) is 25.2 Å². The second-order valence-electron chi connectivity index (χ2n) is 7.74. The molecule has 1 aromatic heterocycles. The summed E-state index contributed by atoms with van der Waals surface area (Å²) >= 11 is 0.